The van der Waals surface area contributed by atoms with Crippen molar-refractivity contribution in [2.75, 3.05) is 6.54 Å². The van der Waals surface area contributed by atoms with Crippen LogP contribution < -0.4 is 11.1 Å². The van der Waals surface area contributed by atoms with E-state index in [0.717, 1.165) is 18.5 Å². The molecule has 0 aromatic carbocycles. The van der Waals surface area contributed by atoms with E-state index in [-0.39, 0.29) is 11.9 Å². The van der Waals surface area contributed by atoms with Crippen LogP contribution in [0.15, 0.2) is 12.3 Å². The fourth-order valence-corrected chi connectivity index (χ4v) is 2.49. The monoisotopic (exact) mass is 236 g/mol. The molecule has 1 fully saturated rings. The van der Waals surface area contributed by atoms with Crippen molar-refractivity contribution < 1.29 is 4.79 Å². The Bertz CT molecular complexity index is 349. The zero-order valence-corrected chi connectivity index (χ0v) is 9.98. The lowest BCUT2D eigenvalue weighted by atomic mass is 9.84. The number of nitrogens with two attached hydrogens (primary N) is 1. The Labute approximate surface area is 101 Å². The van der Waals surface area contributed by atoms with Crippen LogP contribution in [0, 0.1) is 5.92 Å². The molecule has 17 heavy (non-hydrogen) atoms. The molecule has 1 aliphatic rings. The first-order valence-corrected chi connectivity index (χ1v) is 6.27. The topological polar surface area (TPSA) is 83.8 Å². The van der Waals surface area contributed by atoms with Crippen LogP contribution in [0.25, 0.3) is 0 Å². The van der Waals surface area contributed by atoms with Crippen LogP contribution in [0.2, 0.25) is 0 Å². The molecule has 0 saturated heterocycles. The van der Waals surface area contributed by atoms with E-state index < -0.39 is 0 Å². The summed E-state index contributed by atoms with van der Waals surface area (Å²) in [5, 5.41) is 9.71. The average molecular weight is 236 g/mol. The third kappa shape index (κ3) is 3.30. The minimum atomic E-state index is 0.0552. The van der Waals surface area contributed by atoms with Crippen molar-refractivity contribution in [3.05, 3.63) is 18.0 Å². The first kappa shape index (κ1) is 12.1. The van der Waals surface area contributed by atoms with Crippen molar-refractivity contribution >= 4 is 5.91 Å². The summed E-state index contributed by atoms with van der Waals surface area (Å²) in [5.41, 5.74) is 6.59. The first-order valence-electron chi connectivity index (χ1n) is 6.27. The largest absolute Gasteiger partial charge is 0.353 e. The predicted molar refractivity (Wildman–Crippen MR) is 65.2 cm³/mol. The standard InChI is InChI=1S/C12H20N4O/c13-8-9-3-1-2-4-11(9)15-12(17)7-10-5-6-14-16-10/h5-6,9,11H,1-4,7-8,13H2,(H,14,16)(H,15,17). The van der Waals surface area contributed by atoms with Crippen molar-refractivity contribution in [3.8, 4) is 0 Å². The normalized spacial score (nSPS) is 24.5. The molecule has 0 spiro atoms. The number of rotatable bonds is 4. The maximum atomic E-state index is 11.8. The number of hydrogen-bond donors (Lipinski definition) is 3. The van der Waals surface area contributed by atoms with Crippen LogP contribution in [0.4, 0.5) is 0 Å². The number of nitrogens with zero attached hydrogens (tertiary/aromatic N) is 1. The number of hydrogen-bond acceptors (Lipinski definition) is 3. The molecule has 94 valence electrons. The van der Waals surface area contributed by atoms with Crippen LogP contribution in [0.5, 0.6) is 0 Å². The summed E-state index contributed by atoms with van der Waals surface area (Å²) < 4.78 is 0. The Morgan fingerprint density at radius 2 is 2.35 bits per heavy atom. The van der Waals surface area contributed by atoms with Gasteiger partial charge in [0.1, 0.15) is 0 Å². The Morgan fingerprint density at radius 3 is 3.06 bits per heavy atom. The Hall–Kier alpha value is -1.36. The third-order valence-corrected chi connectivity index (χ3v) is 3.47. The van der Waals surface area contributed by atoms with E-state index in [1.165, 1.54) is 12.8 Å². The van der Waals surface area contributed by atoms with Gasteiger partial charge in [0.15, 0.2) is 0 Å². The molecule has 0 aliphatic heterocycles. The molecule has 1 aromatic rings. The van der Waals surface area contributed by atoms with Crippen molar-refractivity contribution in [3.63, 3.8) is 0 Å². The molecule has 1 saturated carbocycles. The Kier molecular flexibility index (Phi) is 4.14. The third-order valence-electron chi connectivity index (χ3n) is 3.47. The molecule has 4 N–H and O–H groups in total. The van der Waals surface area contributed by atoms with Gasteiger partial charge in [-0.2, -0.15) is 5.10 Å². The molecular weight excluding hydrogens is 216 g/mol. The molecule has 1 heterocycles. The zero-order chi connectivity index (χ0) is 12.1. The van der Waals surface area contributed by atoms with Gasteiger partial charge in [-0.25, -0.2) is 0 Å². The van der Waals surface area contributed by atoms with Crippen LogP contribution in [-0.4, -0.2) is 28.7 Å². The molecule has 0 radical (unpaired) electrons. The van der Waals surface area contributed by atoms with E-state index in [1.54, 1.807) is 6.20 Å². The Morgan fingerprint density at radius 1 is 1.53 bits per heavy atom. The summed E-state index contributed by atoms with van der Waals surface area (Å²) in [7, 11) is 0. The predicted octanol–water partition coefficient (Wildman–Crippen LogP) is 0.586. The molecule has 2 rings (SSSR count). The van der Waals surface area contributed by atoms with E-state index in [0.29, 0.717) is 18.9 Å². The molecule has 5 nitrogen and oxygen atoms in total. The van der Waals surface area contributed by atoms with Gasteiger partial charge in [-0.15, -0.1) is 0 Å². The number of carbonyl (C=O) groups excluding carboxylic acids is 1. The van der Waals surface area contributed by atoms with Crippen molar-refractivity contribution in [2.24, 2.45) is 11.7 Å². The minimum Gasteiger partial charge on any atom is -0.353 e. The highest BCUT2D eigenvalue weighted by molar-refractivity contribution is 5.78. The molecule has 1 aliphatic carbocycles. The highest BCUT2D eigenvalue weighted by Crippen LogP contribution is 2.23. The second-order valence-electron chi connectivity index (χ2n) is 4.71. The fourth-order valence-electron chi connectivity index (χ4n) is 2.49. The van der Waals surface area contributed by atoms with Crippen LogP contribution >= 0.6 is 0 Å². The fraction of sp³-hybridized carbons (Fsp3) is 0.667. The van der Waals surface area contributed by atoms with Gasteiger partial charge >= 0.3 is 0 Å². The minimum absolute atomic E-state index is 0.0552. The van der Waals surface area contributed by atoms with E-state index in [1.807, 2.05) is 6.07 Å². The van der Waals surface area contributed by atoms with Gasteiger partial charge < -0.3 is 11.1 Å². The van der Waals surface area contributed by atoms with Crippen LogP contribution in [0.1, 0.15) is 31.4 Å². The lowest BCUT2D eigenvalue weighted by Crippen LogP contribution is -2.45. The average Bonchev–Trinajstić information content (AvgIpc) is 2.82. The number of H-pyrrole nitrogens is 1. The molecule has 0 bridgehead atoms. The van der Waals surface area contributed by atoms with E-state index in [9.17, 15) is 4.79 Å². The van der Waals surface area contributed by atoms with Gasteiger partial charge in [-0.1, -0.05) is 12.8 Å². The van der Waals surface area contributed by atoms with Gasteiger partial charge in [0.2, 0.25) is 5.91 Å². The Balaban J connectivity index is 1.84. The maximum absolute atomic E-state index is 11.8. The summed E-state index contributed by atoms with van der Waals surface area (Å²) in [6.07, 6.45) is 6.63. The summed E-state index contributed by atoms with van der Waals surface area (Å²) in [6.45, 7) is 0.662. The van der Waals surface area contributed by atoms with E-state index in [2.05, 4.69) is 15.5 Å². The highest BCUT2D eigenvalue weighted by atomic mass is 16.1. The SMILES string of the molecule is NCC1CCCCC1NC(=O)Cc1ccn[nH]1. The van der Waals surface area contributed by atoms with Crippen molar-refractivity contribution in [1.82, 2.24) is 15.5 Å². The molecular formula is C12H20N4O. The van der Waals surface area contributed by atoms with Gasteiger partial charge in [0, 0.05) is 17.9 Å². The molecule has 5 heteroatoms. The summed E-state index contributed by atoms with van der Waals surface area (Å²) in [5.74, 6) is 0.495. The lowest BCUT2D eigenvalue weighted by Gasteiger charge is -2.31. The summed E-state index contributed by atoms with van der Waals surface area (Å²) in [4.78, 5) is 11.8. The van der Waals surface area contributed by atoms with E-state index >= 15 is 0 Å². The quantitative estimate of drug-likeness (QED) is 0.715. The second kappa shape index (κ2) is 5.82. The smallest absolute Gasteiger partial charge is 0.226 e. The van der Waals surface area contributed by atoms with Crippen LogP contribution in [-0.2, 0) is 11.2 Å². The van der Waals surface area contributed by atoms with Crippen molar-refractivity contribution in [2.45, 2.75) is 38.1 Å². The number of carbonyl (C=O) groups is 1. The molecule has 1 amide bonds. The van der Waals surface area contributed by atoms with Crippen LogP contribution in [0.3, 0.4) is 0 Å². The lowest BCUT2D eigenvalue weighted by molar-refractivity contribution is -0.121. The first-order chi connectivity index (χ1) is 8.29. The number of aromatic nitrogens is 2. The second-order valence-corrected chi connectivity index (χ2v) is 4.71. The van der Waals surface area contributed by atoms with Crippen molar-refractivity contribution in [1.29, 1.82) is 0 Å². The summed E-state index contributed by atoms with van der Waals surface area (Å²) in [6, 6.07) is 2.07. The molecule has 2 unspecified atom stereocenters. The molecule has 1 aromatic heterocycles. The highest BCUT2D eigenvalue weighted by Gasteiger charge is 2.25. The number of aromatic amines is 1. The number of nitrogens with one attached hydrogen (secondary N) is 2. The zero-order valence-electron chi connectivity index (χ0n) is 9.98. The van der Waals surface area contributed by atoms with Gasteiger partial charge in [-0.05, 0) is 31.4 Å². The van der Waals surface area contributed by atoms with Gasteiger partial charge in [0.05, 0.1) is 6.42 Å². The van der Waals surface area contributed by atoms with Gasteiger partial charge in [0.25, 0.3) is 0 Å². The van der Waals surface area contributed by atoms with E-state index in [4.69, 9.17) is 5.73 Å². The number of amides is 1. The summed E-state index contributed by atoms with van der Waals surface area (Å²) >= 11 is 0. The maximum Gasteiger partial charge on any atom is 0.226 e. The molecule has 2 atom stereocenters. The van der Waals surface area contributed by atoms with Gasteiger partial charge in [-0.3, -0.25) is 9.89 Å².